The summed E-state index contributed by atoms with van der Waals surface area (Å²) in [4.78, 5) is 4.80. The van der Waals surface area contributed by atoms with E-state index in [2.05, 4.69) is 45.6 Å². The van der Waals surface area contributed by atoms with E-state index in [0.717, 1.165) is 40.6 Å². The molecule has 4 heteroatoms. The fourth-order valence-electron chi connectivity index (χ4n) is 3.62. The molecule has 1 aromatic heterocycles. The molecule has 0 saturated heterocycles. The van der Waals surface area contributed by atoms with Gasteiger partial charge in [-0.1, -0.05) is 35.7 Å². The summed E-state index contributed by atoms with van der Waals surface area (Å²) in [7, 11) is 0. The topological polar surface area (TPSA) is 17.8 Å². The fourth-order valence-corrected chi connectivity index (χ4v) is 4.13. The van der Waals surface area contributed by atoms with Gasteiger partial charge >= 0.3 is 0 Å². The third kappa shape index (κ3) is 3.45. The van der Waals surface area contributed by atoms with E-state index in [9.17, 15) is 0 Å². The van der Waals surface area contributed by atoms with Gasteiger partial charge in [0.1, 0.15) is 5.82 Å². The summed E-state index contributed by atoms with van der Waals surface area (Å²) in [6, 6.07) is 6.39. The Kier molecular flexibility index (Phi) is 4.90. The highest BCUT2D eigenvalue weighted by Gasteiger charge is 2.21. The molecule has 2 atom stereocenters. The minimum atomic E-state index is 0.631. The van der Waals surface area contributed by atoms with Gasteiger partial charge in [-0.3, -0.25) is 0 Å². The van der Waals surface area contributed by atoms with Crippen LogP contribution in [0.4, 0.5) is 0 Å². The third-order valence-corrected chi connectivity index (χ3v) is 5.28. The van der Waals surface area contributed by atoms with Gasteiger partial charge in [0.25, 0.3) is 0 Å². The van der Waals surface area contributed by atoms with Crippen LogP contribution in [0.15, 0.2) is 22.7 Å². The second-order valence-corrected chi connectivity index (χ2v) is 7.64. The van der Waals surface area contributed by atoms with E-state index in [1.807, 2.05) is 0 Å². The Labute approximate surface area is 140 Å². The monoisotopic (exact) mass is 368 g/mol. The molecule has 2 nitrogen and oxygen atoms in total. The molecule has 1 aliphatic carbocycles. The Bertz CT molecular complexity index is 623. The highest BCUT2D eigenvalue weighted by Crippen LogP contribution is 2.31. The molecule has 0 radical (unpaired) electrons. The Morgan fingerprint density at radius 3 is 3.00 bits per heavy atom. The van der Waals surface area contributed by atoms with Crippen molar-refractivity contribution in [2.75, 3.05) is 5.88 Å². The van der Waals surface area contributed by atoms with Crippen LogP contribution in [0.5, 0.6) is 0 Å². The molecule has 1 saturated carbocycles. The highest BCUT2D eigenvalue weighted by atomic mass is 79.9. The van der Waals surface area contributed by atoms with Gasteiger partial charge in [-0.15, -0.1) is 11.6 Å². The first-order chi connectivity index (χ1) is 10.2. The third-order valence-electron chi connectivity index (χ3n) is 4.59. The van der Waals surface area contributed by atoms with Crippen molar-refractivity contribution >= 4 is 38.6 Å². The van der Waals surface area contributed by atoms with Gasteiger partial charge in [-0.25, -0.2) is 4.98 Å². The van der Waals surface area contributed by atoms with Crippen LogP contribution in [0.1, 0.15) is 38.4 Å². The average Bonchev–Trinajstić information content (AvgIpc) is 2.76. The summed E-state index contributed by atoms with van der Waals surface area (Å²) >= 11 is 9.51. The summed E-state index contributed by atoms with van der Waals surface area (Å²) in [6.45, 7) is 3.48. The number of imidazole rings is 1. The lowest BCUT2D eigenvalue weighted by Crippen LogP contribution is -2.19. The van der Waals surface area contributed by atoms with Crippen LogP contribution in [0.3, 0.4) is 0 Å². The van der Waals surface area contributed by atoms with Gasteiger partial charge in [0.05, 0.1) is 11.0 Å². The van der Waals surface area contributed by atoms with Gasteiger partial charge in [0.15, 0.2) is 0 Å². The number of hydrogen-bond acceptors (Lipinski definition) is 1. The zero-order valence-electron chi connectivity index (χ0n) is 12.5. The molecule has 0 spiro atoms. The second-order valence-electron chi connectivity index (χ2n) is 6.35. The van der Waals surface area contributed by atoms with Crippen LogP contribution in [0, 0.1) is 11.8 Å². The summed E-state index contributed by atoms with van der Waals surface area (Å²) < 4.78 is 3.50. The first-order valence-electron chi connectivity index (χ1n) is 7.88. The number of aryl methyl sites for hydroxylation is 1. The zero-order chi connectivity index (χ0) is 14.8. The van der Waals surface area contributed by atoms with Crippen molar-refractivity contribution in [1.82, 2.24) is 9.55 Å². The van der Waals surface area contributed by atoms with E-state index in [-0.39, 0.29) is 0 Å². The van der Waals surface area contributed by atoms with Crippen molar-refractivity contribution in [2.45, 2.75) is 45.6 Å². The molecule has 114 valence electrons. The van der Waals surface area contributed by atoms with E-state index in [0.29, 0.717) is 5.88 Å². The molecule has 1 aliphatic rings. The van der Waals surface area contributed by atoms with Crippen LogP contribution in [0.2, 0.25) is 0 Å². The van der Waals surface area contributed by atoms with Crippen molar-refractivity contribution in [3.63, 3.8) is 0 Å². The molecule has 21 heavy (non-hydrogen) atoms. The number of halogens is 2. The second kappa shape index (κ2) is 6.70. The molecular formula is C17H22BrClN2. The van der Waals surface area contributed by atoms with Gasteiger partial charge < -0.3 is 4.57 Å². The van der Waals surface area contributed by atoms with Crippen LogP contribution < -0.4 is 0 Å². The number of alkyl halides is 1. The van der Waals surface area contributed by atoms with E-state index in [1.54, 1.807) is 0 Å². The summed E-state index contributed by atoms with van der Waals surface area (Å²) in [5, 5.41) is 0. The number of aromatic nitrogens is 2. The molecule has 0 N–H and O–H groups in total. The summed E-state index contributed by atoms with van der Waals surface area (Å²) in [6.07, 6.45) is 6.30. The molecular weight excluding hydrogens is 348 g/mol. The molecule has 3 rings (SSSR count). The Balaban J connectivity index is 1.93. The van der Waals surface area contributed by atoms with Crippen LogP contribution >= 0.6 is 27.5 Å². The van der Waals surface area contributed by atoms with E-state index < -0.39 is 0 Å². The molecule has 2 unspecified atom stereocenters. The number of hydrogen-bond donors (Lipinski definition) is 0. The summed E-state index contributed by atoms with van der Waals surface area (Å²) in [5.41, 5.74) is 2.32. The minimum absolute atomic E-state index is 0.631. The van der Waals surface area contributed by atoms with Crippen molar-refractivity contribution in [3.05, 3.63) is 28.5 Å². The summed E-state index contributed by atoms with van der Waals surface area (Å²) in [5.74, 6) is 3.41. The minimum Gasteiger partial charge on any atom is -0.328 e. The first kappa shape index (κ1) is 15.4. The lowest BCUT2D eigenvalue weighted by atomic mass is 9.82. The molecule has 1 heterocycles. The van der Waals surface area contributed by atoms with Gasteiger partial charge in [0, 0.05) is 23.3 Å². The number of rotatable bonds is 4. The molecule has 1 fully saturated rings. The largest absolute Gasteiger partial charge is 0.328 e. The van der Waals surface area contributed by atoms with Crippen LogP contribution in [0.25, 0.3) is 11.0 Å². The van der Waals surface area contributed by atoms with Crippen molar-refractivity contribution in [2.24, 2.45) is 11.8 Å². The fraction of sp³-hybridized carbons (Fsp3) is 0.588. The smallest absolute Gasteiger partial charge is 0.111 e. The van der Waals surface area contributed by atoms with E-state index in [1.165, 1.54) is 31.2 Å². The molecule has 1 aromatic carbocycles. The lowest BCUT2D eigenvalue weighted by molar-refractivity contribution is 0.257. The maximum absolute atomic E-state index is 5.97. The van der Waals surface area contributed by atoms with Crippen molar-refractivity contribution in [1.29, 1.82) is 0 Å². The predicted octanol–water partition coefficient (Wildman–Crippen LogP) is 5.41. The molecule has 0 aliphatic heterocycles. The molecule has 2 aromatic rings. The van der Waals surface area contributed by atoms with E-state index in [4.69, 9.17) is 16.6 Å². The van der Waals surface area contributed by atoms with Gasteiger partial charge in [0.2, 0.25) is 0 Å². The van der Waals surface area contributed by atoms with Crippen LogP contribution in [-0.2, 0) is 13.0 Å². The molecule has 0 bridgehead atoms. The lowest BCUT2D eigenvalue weighted by Gasteiger charge is -2.27. The van der Waals surface area contributed by atoms with Crippen molar-refractivity contribution < 1.29 is 0 Å². The SMILES string of the molecule is CC1CCCC(Cn2c(CCCl)nc3cc(Br)ccc32)C1. The number of benzene rings is 1. The van der Waals surface area contributed by atoms with Gasteiger partial charge in [-0.05, 0) is 42.9 Å². The Hall–Kier alpha value is -0.540. The molecule has 0 amide bonds. The first-order valence-corrected chi connectivity index (χ1v) is 9.20. The Morgan fingerprint density at radius 1 is 1.38 bits per heavy atom. The van der Waals surface area contributed by atoms with Gasteiger partial charge in [-0.2, -0.15) is 0 Å². The maximum atomic E-state index is 5.97. The average molecular weight is 370 g/mol. The quantitative estimate of drug-likeness (QED) is 0.659. The predicted molar refractivity (Wildman–Crippen MR) is 93.0 cm³/mol. The maximum Gasteiger partial charge on any atom is 0.111 e. The van der Waals surface area contributed by atoms with E-state index >= 15 is 0 Å². The van der Waals surface area contributed by atoms with Crippen LogP contribution in [-0.4, -0.2) is 15.4 Å². The Morgan fingerprint density at radius 2 is 2.24 bits per heavy atom. The highest BCUT2D eigenvalue weighted by molar-refractivity contribution is 9.10. The normalized spacial score (nSPS) is 22.8. The number of fused-ring (bicyclic) bond motifs is 1. The standard InChI is InChI=1S/C17H22BrClN2/c1-12-3-2-4-13(9-12)11-21-16-6-5-14(18)10-15(16)20-17(21)7-8-19/h5-6,10,12-13H,2-4,7-9,11H2,1H3. The zero-order valence-corrected chi connectivity index (χ0v) is 14.8. The number of nitrogens with zero attached hydrogens (tertiary/aromatic N) is 2. The van der Waals surface area contributed by atoms with Crippen molar-refractivity contribution in [3.8, 4) is 0 Å².